The summed E-state index contributed by atoms with van der Waals surface area (Å²) in [6.07, 6.45) is 8.35. The predicted molar refractivity (Wildman–Crippen MR) is 110 cm³/mol. The standard InChI is InChI=1S/C22H32N4O3/c1-14-18(20(28)24-21(23-14)26-4-6-29-7-5-26)2-3-19(27)25-22-11-15-8-16(12-22)10-17(9-15)13-22/h15-17H,2-13H2,1H3,(H,25,27)(H,23,24,28). The summed E-state index contributed by atoms with van der Waals surface area (Å²) in [5.41, 5.74) is 1.26. The Hall–Kier alpha value is -1.89. The van der Waals surface area contributed by atoms with Crippen LogP contribution in [0.3, 0.4) is 0 Å². The third kappa shape index (κ3) is 3.81. The highest BCUT2D eigenvalue weighted by Gasteiger charge is 2.51. The van der Waals surface area contributed by atoms with E-state index in [-0.39, 0.29) is 17.0 Å². The molecule has 1 amide bonds. The molecule has 4 bridgehead atoms. The normalized spacial score (nSPS) is 33.1. The van der Waals surface area contributed by atoms with Gasteiger partial charge in [-0.15, -0.1) is 0 Å². The van der Waals surface area contributed by atoms with E-state index in [0.29, 0.717) is 37.6 Å². The lowest BCUT2D eigenvalue weighted by Crippen LogP contribution is -2.59. The maximum Gasteiger partial charge on any atom is 0.255 e. The zero-order valence-electron chi connectivity index (χ0n) is 17.3. The van der Waals surface area contributed by atoms with Crippen molar-refractivity contribution in [2.45, 2.75) is 63.8 Å². The van der Waals surface area contributed by atoms with Gasteiger partial charge in [0, 0.05) is 36.3 Å². The van der Waals surface area contributed by atoms with E-state index in [2.05, 4.69) is 15.3 Å². The third-order valence-corrected chi connectivity index (χ3v) is 7.57. The Bertz CT molecular complexity index is 808. The van der Waals surface area contributed by atoms with Crippen LogP contribution in [-0.4, -0.2) is 47.7 Å². The number of carbonyl (C=O) groups is 1. The monoisotopic (exact) mass is 400 g/mol. The number of rotatable bonds is 5. The van der Waals surface area contributed by atoms with E-state index >= 15 is 0 Å². The van der Waals surface area contributed by atoms with Crippen molar-refractivity contribution in [3.63, 3.8) is 0 Å². The molecule has 0 spiro atoms. The number of carbonyl (C=O) groups excluding carboxylic acids is 1. The largest absolute Gasteiger partial charge is 0.378 e. The molecule has 1 saturated heterocycles. The molecule has 1 aliphatic heterocycles. The molecule has 0 radical (unpaired) electrons. The van der Waals surface area contributed by atoms with E-state index in [1.54, 1.807) is 0 Å². The summed E-state index contributed by atoms with van der Waals surface area (Å²) in [7, 11) is 0. The predicted octanol–water partition coefficient (Wildman–Crippen LogP) is 1.93. The van der Waals surface area contributed by atoms with Crippen LogP contribution in [0.2, 0.25) is 0 Å². The first kappa shape index (κ1) is 19.1. The van der Waals surface area contributed by atoms with Gasteiger partial charge in [-0.25, -0.2) is 4.98 Å². The van der Waals surface area contributed by atoms with Gasteiger partial charge in [-0.1, -0.05) is 0 Å². The molecule has 0 unspecified atom stereocenters. The number of amides is 1. The van der Waals surface area contributed by atoms with Gasteiger partial charge < -0.3 is 15.0 Å². The first-order chi connectivity index (χ1) is 14.0. The Morgan fingerprint density at radius 2 is 1.79 bits per heavy atom. The number of aryl methyl sites for hydroxylation is 1. The lowest BCUT2D eigenvalue weighted by Gasteiger charge is -2.56. The summed E-state index contributed by atoms with van der Waals surface area (Å²) >= 11 is 0. The Labute approximate surface area is 171 Å². The third-order valence-electron chi connectivity index (χ3n) is 7.57. The number of hydrogen-bond donors (Lipinski definition) is 2. The molecule has 6 rings (SSSR count). The first-order valence-corrected chi connectivity index (χ1v) is 11.2. The molecule has 1 aromatic rings. The summed E-state index contributed by atoms with van der Waals surface area (Å²) in [6, 6.07) is 0. The van der Waals surface area contributed by atoms with Crippen molar-refractivity contribution in [3.05, 3.63) is 21.6 Å². The van der Waals surface area contributed by atoms with Crippen molar-refractivity contribution in [2.24, 2.45) is 17.8 Å². The maximum absolute atomic E-state index is 12.8. The molecular formula is C22H32N4O3. The molecule has 0 atom stereocenters. The average molecular weight is 401 g/mol. The summed E-state index contributed by atoms with van der Waals surface area (Å²) in [6.45, 7) is 4.62. The molecule has 5 aliphatic rings. The Morgan fingerprint density at radius 3 is 2.38 bits per heavy atom. The van der Waals surface area contributed by atoms with Gasteiger partial charge in [-0.05, 0) is 69.6 Å². The number of H-pyrrole nitrogens is 1. The smallest absolute Gasteiger partial charge is 0.255 e. The van der Waals surface area contributed by atoms with Crippen LogP contribution in [0.4, 0.5) is 5.95 Å². The van der Waals surface area contributed by atoms with E-state index in [1.807, 2.05) is 11.8 Å². The molecule has 4 saturated carbocycles. The molecule has 158 valence electrons. The average Bonchev–Trinajstić information content (AvgIpc) is 2.66. The number of nitrogens with zero attached hydrogens (tertiary/aromatic N) is 2. The molecule has 1 aromatic heterocycles. The van der Waals surface area contributed by atoms with Gasteiger partial charge in [0.2, 0.25) is 11.9 Å². The quantitative estimate of drug-likeness (QED) is 0.789. The Kier molecular flexibility index (Phi) is 4.88. The van der Waals surface area contributed by atoms with Crippen molar-refractivity contribution in [3.8, 4) is 0 Å². The van der Waals surface area contributed by atoms with Crippen molar-refractivity contribution < 1.29 is 9.53 Å². The van der Waals surface area contributed by atoms with E-state index in [9.17, 15) is 9.59 Å². The minimum atomic E-state index is -0.124. The van der Waals surface area contributed by atoms with Crippen LogP contribution in [0.25, 0.3) is 0 Å². The SMILES string of the molecule is Cc1nc(N2CCOCC2)[nH]c(=O)c1CCC(=O)NC12CC3CC(CC(C3)C1)C2. The van der Waals surface area contributed by atoms with Gasteiger partial charge in [0.15, 0.2) is 0 Å². The van der Waals surface area contributed by atoms with Crippen LogP contribution >= 0.6 is 0 Å². The lowest BCUT2D eigenvalue weighted by molar-refractivity contribution is -0.126. The summed E-state index contributed by atoms with van der Waals surface area (Å²) < 4.78 is 5.36. The number of morpholine rings is 1. The minimum Gasteiger partial charge on any atom is -0.378 e. The van der Waals surface area contributed by atoms with Crippen LogP contribution in [0.15, 0.2) is 4.79 Å². The zero-order valence-corrected chi connectivity index (χ0v) is 17.3. The molecule has 2 heterocycles. The summed E-state index contributed by atoms with van der Waals surface area (Å²) in [5, 5.41) is 3.40. The van der Waals surface area contributed by atoms with Gasteiger partial charge in [-0.2, -0.15) is 0 Å². The highest BCUT2D eigenvalue weighted by Crippen LogP contribution is 2.55. The minimum absolute atomic E-state index is 0.0335. The number of nitrogens with one attached hydrogen (secondary N) is 2. The second kappa shape index (κ2) is 7.42. The van der Waals surface area contributed by atoms with Crippen molar-refractivity contribution in [1.29, 1.82) is 0 Å². The topological polar surface area (TPSA) is 87.3 Å². The number of hydrogen-bond acceptors (Lipinski definition) is 5. The van der Waals surface area contributed by atoms with Gasteiger partial charge in [-0.3, -0.25) is 14.6 Å². The van der Waals surface area contributed by atoms with E-state index < -0.39 is 0 Å². The number of ether oxygens (including phenoxy) is 1. The maximum atomic E-state index is 12.8. The fourth-order valence-electron chi connectivity index (χ4n) is 6.68. The molecular weight excluding hydrogens is 368 g/mol. The molecule has 4 aliphatic carbocycles. The van der Waals surface area contributed by atoms with E-state index in [1.165, 1.54) is 19.3 Å². The first-order valence-electron chi connectivity index (χ1n) is 11.2. The highest BCUT2D eigenvalue weighted by atomic mass is 16.5. The van der Waals surface area contributed by atoms with Crippen LogP contribution in [0.1, 0.15) is 56.2 Å². The Balaban J connectivity index is 1.22. The second-order valence-corrected chi connectivity index (χ2v) is 9.80. The van der Waals surface area contributed by atoms with Gasteiger partial charge in [0.25, 0.3) is 5.56 Å². The van der Waals surface area contributed by atoms with Gasteiger partial charge >= 0.3 is 0 Å². The Morgan fingerprint density at radius 1 is 1.17 bits per heavy atom. The molecule has 29 heavy (non-hydrogen) atoms. The zero-order chi connectivity index (χ0) is 20.0. The van der Waals surface area contributed by atoms with Crippen LogP contribution < -0.4 is 15.8 Å². The van der Waals surface area contributed by atoms with Crippen LogP contribution in [0.5, 0.6) is 0 Å². The molecule has 5 fully saturated rings. The lowest BCUT2D eigenvalue weighted by atomic mass is 9.53. The fraction of sp³-hybridized carbons (Fsp3) is 0.773. The van der Waals surface area contributed by atoms with Crippen molar-refractivity contribution in [1.82, 2.24) is 15.3 Å². The highest BCUT2D eigenvalue weighted by molar-refractivity contribution is 5.77. The molecule has 0 aromatic carbocycles. The fourth-order valence-corrected chi connectivity index (χ4v) is 6.68. The van der Waals surface area contributed by atoms with Gasteiger partial charge in [0.1, 0.15) is 0 Å². The number of aromatic amines is 1. The van der Waals surface area contributed by atoms with E-state index in [0.717, 1.165) is 55.8 Å². The second-order valence-electron chi connectivity index (χ2n) is 9.80. The van der Waals surface area contributed by atoms with E-state index in [4.69, 9.17) is 4.74 Å². The molecule has 2 N–H and O–H groups in total. The van der Waals surface area contributed by atoms with Gasteiger partial charge in [0.05, 0.1) is 13.2 Å². The number of aromatic nitrogens is 2. The summed E-state index contributed by atoms with van der Waals surface area (Å²) in [4.78, 5) is 35.0. The molecule has 7 nitrogen and oxygen atoms in total. The van der Waals surface area contributed by atoms with Crippen molar-refractivity contribution >= 4 is 11.9 Å². The van der Waals surface area contributed by atoms with Crippen LogP contribution in [0, 0.1) is 24.7 Å². The molecule has 7 heteroatoms. The summed E-state index contributed by atoms with van der Waals surface area (Å²) in [5.74, 6) is 3.12. The number of anilines is 1. The van der Waals surface area contributed by atoms with Crippen molar-refractivity contribution in [2.75, 3.05) is 31.2 Å². The van der Waals surface area contributed by atoms with Crippen LogP contribution in [-0.2, 0) is 16.0 Å².